The van der Waals surface area contributed by atoms with Crippen LogP contribution in [0.1, 0.15) is 27.7 Å². The third kappa shape index (κ3) is 4.05. The first-order valence-corrected chi connectivity index (χ1v) is 9.62. The second-order valence-electron chi connectivity index (χ2n) is 8.18. The van der Waals surface area contributed by atoms with E-state index in [2.05, 4.69) is 0 Å². The van der Waals surface area contributed by atoms with Gasteiger partial charge in [-0.1, -0.05) is 13.8 Å². The summed E-state index contributed by atoms with van der Waals surface area (Å²) in [6.07, 6.45) is -9.75. The first-order valence-electron chi connectivity index (χ1n) is 9.62. The summed E-state index contributed by atoms with van der Waals surface area (Å²) in [6.45, 7) is 7.33. The summed E-state index contributed by atoms with van der Waals surface area (Å²) in [7, 11) is 0. The van der Waals surface area contributed by atoms with Crippen LogP contribution in [0, 0.1) is 11.8 Å². The van der Waals surface area contributed by atoms with Crippen LogP contribution in [0.15, 0.2) is 0 Å². The molecule has 0 aliphatic carbocycles. The normalized spacial score (nSPS) is 46.3. The molecule has 0 aromatic heterocycles. The molecule has 4 unspecified atom stereocenters. The Balaban J connectivity index is 1.74. The van der Waals surface area contributed by atoms with E-state index in [9.17, 15) is 25.2 Å². The highest BCUT2D eigenvalue weighted by Gasteiger charge is 2.56. The van der Waals surface area contributed by atoms with Crippen molar-refractivity contribution in [2.75, 3.05) is 6.61 Å². The Morgan fingerprint density at radius 3 is 2.25 bits per heavy atom. The van der Waals surface area contributed by atoms with Crippen LogP contribution in [0.25, 0.3) is 0 Å². The van der Waals surface area contributed by atoms with Crippen molar-refractivity contribution in [1.82, 2.24) is 0 Å². The highest BCUT2D eigenvalue weighted by Crippen LogP contribution is 2.37. The molecule has 28 heavy (non-hydrogen) atoms. The molecule has 0 aromatic carbocycles. The number of carboxylic acid groups (broad SMARTS) is 1. The quantitative estimate of drug-likeness (QED) is 0.437. The summed E-state index contributed by atoms with van der Waals surface area (Å²) in [5.41, 5.74) is 0. The lowest BCUT2D eigenvalue weighted by molar-refractivity contribution is -0.334. The second kappa shape index (κ2) is 8.49. The van der Waals surface area contributed by atoms with Crippen molar-refractivity contribution < 1.29 is 48.9 Å². The lowest BCUT2D eigenvalue weighted by atomic mass is 9.80. The van der Waals surface area contributed by atoms with Crippen LogP contribution in [0.5, 0.6) is 0 Å². The molecule has 0 amide bonds. The summed E-state index contributed by atoms with van der Waals surface area (Å²) in [6, 6.07) is 0. The average molecular weight is 406 g/mol. The van der Waals surface area contributed by atoms with Crippen LogP contribution in [-0.2, 0) is 28.5 Å². The topological polar surface area (TPSA) is 144 Å². The summed E-state index contributed by atoms with van der Waals surface area (Å²) in [4.78, 5) is 11.5. The first-order chi connectivity index (χ1) is 13.1. The van der Waals surface area contributed by atoms with Crippen molar-refractivity contribution >= 4 is 5.97 Å². The third-order valence-electron chi connectivity index (χ3n) is 5.44. The number of rotatable bonds is 6. The maximum absolute atomic E-state index is 11.5. The Labute approximate surface area is 163 Å². The molecule has 3 aliphatic heterocycles. The van der Waals surface area contributed by atoms with Crippen molar-refractivity contribution in [3.8, 4) is 0 Å². The fourth-order valence-corrected chi connectivity index (χ4v) is 4.12. The van der Waals surface area contributed by atoms with E-state index < -0.39 is 67.2 Å². The van der Waals surface area contributed by atoms with Crippen LogP contribution in [0.4, 0.5) is 0 Å². The number of hydrogen-bond acceptors (Lipinski definition) is 9. The van der Waals surface area contributed by atoms with E-state index >= 15 is 0 Å². The molecule has 162 valence electrons. The van der Waals surface area contributed by atoms with Gasteiger partial charge in [-0.2, -0.15) is 0 Å². The summed E-state index contributed by atoms with van der Waals surface area (Å²) in [5.74, 6) is -2.32. The number of ether oxygens (including phenoxy) is 5. The highest BCUT2D eigenvalue weighted by atomic mass is 16.8. The number of aliphatic carboxylic acids is 1. The molecule has 3 aliphatic rings. The van der Waals surface area contributed by atoms with Gasteiger partial charge in [0, 0.05) is 5.92 Å². The zero-order valence-corrected chi connectivity index (χ0v) is 16.4. The minimum absolute atomic E-state index is 0.158. The lowest BCUT2D eigenvalue weighted by Crippen LogP contribution is -2.62. The van der Waals surface area contributed by atoms with Crippen LogP contribution in [0.3, 0.4) is 0 Å². The van der Waals surface area contributed by atoms with Crippen molar-refractivity contribution in [2.45, 2.75) is 89.1 Å². The highest BCUT2D eigenvalue weighted by molar-refractivity contribution is 5.73. The van der Waals surface area contributed by atoms with E-state index in [1.165, 1.54) is 0 Å². The molecule has 10 nitrogen and oxygen atoms in total. The summed E-state index contributed by atoms with van der Waals surface area (Å²) >= 11 is 0. The van der Waals surface area contributed by atoms with Gasteiger partial charge in [0.15, 0.2) is 18.7 Å². The van der Waals surface area contributed by atoms with E-state index in [0.717, 1.165) is 0 Å². The number of fused-ring (bicyclic) bond motifs is 2. The maximum atomic E-state index is 11.5. The predicted octanol–water partition coefficient (Wildman–Crippen LogP) is -0.915. The van der Waals surface area contributed by atoms with E-state index in [1.54, 1.807) is 13.8 Å². The molecule has 0 radical (unpaired) electrons. The Morgan fingerprint density at radius 1 is 1.00 bits per heavy atom. The Morgan fingerprint density at radius 2 is 1.68 bits per heavy atom. The molecule has 3 fully saturated rings. The van der Waals surface area contributed by atoms with Gasteiger partial charge in [-0.15, -0.1) is 0 Å². The number of aliphatic hydroxyl groups excluding tert-OH is 3. The van der Waals surface area contributed by atoms with Crippen molar-refractivity contribution in [3.05, 3.63) is 0 Å². The minimum atomic E-state index is -1.54. The molecule has 2 bridgehead atoms. The van der Waals surface area contributed by atoms with Gasteiger partial charge in [-0.3, -0.25) is 0 Å². The van der Waals surface area contributed by atoms with Gasteiger partial charge in [0.2, 0.25) is 0 Å². The summed E-state index contributed by atoms with van der Waals surface area (Å²) < 4.78 is 28.1. The number of hydrogen-bond donors (Lipinski definition) is 4. The molecule has 3 saturated heterocycles. The Bertz CT molecular complexity index is 554. The van der Waals surface area contributed by atoms with Crippen molar-refractivity contribution in [3.63, 3.8) is 0 Å². The molecule has 0 saturated carbocycles. The Hall–Kier alpha value is -0.850. The molecule has 4 N–H and O–H groups in total. The van der Waals surface area contributed by atoms with Crippen LogP contribution in [-0.4, -0.2) is 94.4 Å². The SMILES string of the molecule is CC(C)O[C@H]1O[C@@H]2COC(C1O)[C@@H]2O[C@@H]1OC(C(=O)O)[C@H](O)[C@H](C(C)C)C1O. The monoisotopic (exact) mass is 406 g/mol. The maximum Gasteiger partial charge on any atom is 0.335 e. The molecule has 0 spiro atoms. The largest absolute Gasteiger partial charge is 0.479 e. The van der Waals surface area contributed by atoms with Crippen LogP contribution in [0.2, 0.25) is 0 Å². The standard InChI is InChI=1S/C18H30O10/c1-6(2)9-10(19)15(16(22)23)28-17(11(9)20)27-13-8-5-24-14(13)12(21)18(26-8)25-7(3)4/h6-15,17-21H,5H2,1-4H3,(H,22,23)/t8-,9+,10-,11?,12?,13-,14?,15?,17-,18+/m1/s1. The van der Waals surface area contributed by atoms with E-state index in [-0.39, 0.29) is 18.6 Å². The zero-order chi connectivity index (χ0) is 20.7. The third-order valence-corrected chi connectivity index (χ3v) is 5.44. The van der Waals surface area contributed by atoms with E-state index in [4.69, 9.17) is 23.7 Å². The average Bonchev–Trinajstić information content (AvgIpc) is 2.89. The fraction of sp³-hybridized carbons (Fsp3) is 0.944. The van der Waals surface area contributed by atoms with Gasteiger partial charge >= 0.3 is 5.97 Å². The molecular formula is C18H30O10. The number of carboxylic acids is 1. The van der Waals surface area contributed by atoms with Gasteiger partial charge in [-0.05, 0) is 19.8 Å². The lowest BCUT2D eigenvalue weighted by Gasteiger charge is -2.45. The molecular weight excluding hydrogens is 376 g/mol. The van der Waals surface area contributed by atoms with Crippen molar-refractivity contribution in [1.29, 1.82) is 0 Å². The minimum Gasteiger partial charge on any atom is -0.479 e. The molecule has 0 aromatic rings. The second-order valence-corrected chi connectivity index (χ2v) is 8.18. The van der Waals surface area contributed by atoms with Crippen LogP contribution < -0.4 is 0 Å². The summed E-state index contributed by atoms with van der Waals surface area (Å²) in [5, 5.41) is 40.8. The smallest absolute Gasteiger partial charge is 0.335 e. The predicted molar refractivity (Wildman–Crippen MR) is 92.1 cm³/mol. The first kappa shape index (κ1) is 21.8. The van der Waals surface area contributed by atoms with Gasteiger partial charge in [-0.25, -0.2) is 4.79 Å². The van der Waals surface area contributed by atoms with Gasteiger partial charge in [0.1, 0.15) is 30.5 Å². The van der Waals surface area contributed by atoms with Crippen LogP contribution >= 0.6 is 0 Å². The van der Waals surface area contributed by atoms with Crippen molar-refractivity contribution in [2.24, 2.45) is 11.8 Å². The van der Waals surface area contributed by atoms with E-state index in [0.29, 0.717) is 0 Å². The number of aliphatic hydroxyl groups is 3. The molecule has 3 heterocycles. The molecule has 3 rings (SSSR count). The van der Waals surface area contributed by atoms with Gasteiger partial charge in [0.05, 0.1) is 18.8 Å². The van der Waals surface area contributed by atoms with Gasteiger partial charge < -0.3 is 44.1 Å². The van der Waals surface area contributed by atoms with Gasteiger partial charge in [0.25, 0.3) is 0 Å². The Kier molecular flexibility index (Phi) is 6.62. The number of carbonyl (C=O) groups is 1. The van der Waals surface area contributed by atoms with E-state index in [1.807, 2.05) is 13.8 Å². The fourth-order valence-electron chi connectivity index (χ4n) is 4.12. The zero-order valence-electron chi connectivity index (χ0n) is 16.4. The molecule has 10 atom stereocenters. The molecule has 10 heteroatoms.